The molecule has 0 radical (unpaired) electrons. The lowest BCUT2D eigenvalue weighted by atomic mass is 10.2. The van der Waals surface area contributed by atoms with Crippen LogP contribution in [0.5, 0.6) is 0 Å². The molecule has 12 heteroatoms. The van der Waals surface area contributed by atoms with E-state index in [1.807, 2.05) is 4.90 Å². The Bertz CT molecular complexity index is 1310. The summed E-state index contributed by atoms with van der Waals surface area (Å²) in [5, 5.41) is 2.17. The highest BCUT2D eigenvalue weighted by Crippen LogP contribution is 2.31. The fourth-order valence-corrected chi connectivity index (χ4v) is 3.73. The first-order valence-electron chi connectivity index (χ1n) is 9.25. The molecule has 0 bridgehead atoms. The Kier molecular flexibility index (Phi) is 5.33. The third kappa shape index (κ3) is 4.54. The van der Waals surface area contributed by atoms with Crippen LogP contribution in [0.25, 0.3) is 0 Å². The number of halogens is 3. The molecule has 3 aromatic rings. The van der Waals surface area contributed by atoms with Crippen molar-refractivity contribution in [2.75, 3.05) is 16.5 Å². The summed E-state index contributed by atoms with van der Waals surface area (Å²) in [6.45, 7) is 0.706. The van der Waals surface area contributed by atoms with Gasteiger partial charge in [0.05, 0.1) is 17.8 Å². The standard InChI is InChI=1S/C20H16F3N5O3S/c1-32(30,31)19-25-9-12-10-28(11-17(12)27-19)15-5-6-24-16(8-15)18(29)26-14-4-2-3-13(7-14)20(21,22)23/h2-9H,10-11H2,1H3,(H,26,29). The number of fused-ring (bicyclic) bond motifs is 1. The molecule has 1 aromatic carbocycles. The van der Waals surface area contributed by atoms with E-state index < -0.39 is 27.5 Å². The van der Waals surface area contributed by atoms with Crippen LogP contribution >= 0.6 is 0 Å². The van der Waals surface area contributed by atoms with E-state index >= 15 is 0 Å². The first-order chi connectivity index (χ1) is 15.0. The number of benzene rings is 1. The number of carbonyl (C=O) groups is 1. The van der Waals surface area contributed by atoms with Gasteiger partial charge in [-0.3, -0.25) is 9.78 Å². The van der Waals surface area contributed by atoms with Gasteiger partial charge in [-0.05, 0) is 30.3 Å². The molecule has 8 nitrogen and oxygen atoms in total. The number of nitrogens with zero attached hydrogens (tertiary/aromatic N) is 4. The maximum Gasteiger partial charge on any atom is 0.416 e. The number of pyridine rings is 1. The number of sulfone groups is 1. The summed E-state index contributed by atoms with van der Waals surface area (Å²) < 4.78 is 62.0. The van der Waals surface area contributed by atoms with Crippen molar-refractivity contribution in [2.45, 2.75) is 24.4 Å². The van der Waals surface area contributed by atoms with Crippen molar-refractivity contribution < 1.29 is 26.4 Å². The summed E-state index contributed by atoms with van der Waals surface area (Å²) in [6.07, 6.45) is -0.628. The van der Waals surface area contributed by atoms with Crippen LogP contribution in [0.1, 0.15) is 27.3 Å². The molecular weight excluding hydrogens is 447 g/mol. The fraction of sp³-hybridized carbons (Fsp3) is 0.200. The van der Waals surface area contributed by atoms with Crippen LogP contribution in [0.3, 0.4) is 0 Å². The van der Waals surface area contributed by atoms with Gasteiger partial charge in [0.1, 0.15) is 5.69 Å². The van der Waals surface area contributed by atoms with Crippen molar-refractivity contribution in [2.24, 2.45) is 0 Å². The number of nitrogens with one attached hydrogen (secondary N) is 1. The topological polar surface area (TPSA) is 105 Å². The zero-order valence-electron chi connectivity index (χ0n) is 16.6. The van der Waals surface area contributed by atoms with Gasteiger partial charge in [-0.25, -0.2) is 18.4 Å². The Morgan fingerprint density at radius 2 is 1.91 bits per heavy atom. The first kappa shape index (κ1) is 21.7. The van der Waals surface area contributed by atoms with Gasteiger partial charge in [-0.2, -0.15) is 13.2 Å². The molecule has 0 saturated carbocycles. The third-order valence-electron chi connectivity index (χ3n) is 4.75. The molecule has 32 heavy (non-hydrogen) atoms. The average molecular weight is 463 g/mol. The predicted molar refractivity (Wildman–Crippen MR) is 109 cm³/mol. The van der Waals surface area contributed by atoms with Crippen LogP contribution in [0, 0.1) is 0 Å². The van der Waals surface area contributed by atoms with Crippen molar-refractivity contribution >= 4 is 27.1 Å². The van der Waals surface area contributed by atoms with Gasteiger partial charge in [0.25, 0.3) is 5.91 Å². The van der Waals surface area contributed by atoms with Gasteiger partial charge in [-0.15, -0.1) is 0 Å². The molecule has 0 fully saturated rings. The Hall–Kier alpha value is -3.54. The van der Waals surface area contributed by atoms with E-state index in [9.17, 15) is 26.4 Å². The number of aromatic nitrogens is 3. The molecule has 1 N–H and O–H groups in total. The van der Waals surface area contributed by atoms with Crippen molar-refractivity contribution in [1.29, 1.82) is 0 Å². The van der Waals surface area contributed by atoms with E-state index in [0.717, 1.165) is 24.0 Å². The van der Waals surface area contributed by atoms with Crippen LogP contribution in [-0.4, -0.2) is 35.5 Å². The van der Waals surface area contributed by atoms with Gasteiger partial charge < -0.3 is 10.2 Å². The highest BCUT2D eigenvalue weighted by Gasteiger charge is 2.30. The predicted octanol–water partition coefficient (Wildman–Crippen LogP) is 3.07. The number of anilines is 2. The minimum absolute atomic E-state index is 0.00538. The second-order valence-corrected chi connectivity index (χ2v) is 9.09. The smallest absolute Gasteiger partial charge is 0.361 e. The average Bonchev–Trinajstić information content (AvgIpc) is 3.16. The van der Waals surface area contributed by atoms with Crippen LogP contribution in [0.4, 0.5) is 24.5 Å². The van der Waals surface area contributed by atoms with E-state index in [1.54, 1.807) is 6.07 Å². The Morgan fingerprint density at radius 3 is 2.62 bits per heavy atom. The van der Waals surface area contributed by atoms with Gasteiger partial charge >= 0.3 is 6.18 Å². The normalized spacial score (nSPS) is 13.7. The number of carbonyl (C=O) groups excluding carboxylic acids is 1. The molecule has 1 amide bonds. The molecular formula is C20H16F3N5O3S. The molecule has 0 saturated heterocycles. The van der Waals surface area contributed by atoms with Crippen molar-refractivity contribution in [3.63, 3.8) is 0 Å². The molecule has 0 unspecified atom stereocenters. The summed E-state index contributed by atoms with van der Waals surface area (Å²) in [5.74, 6) is -0.665. The summed E-state index contributed by atoms with van der Waals surface area (Å²) in [7, 11) is -3.54. The molecule has 1 aliphatic rings. The third-order valence-corrected chi connectivity index (χ3v) is 5.61. The lowest BCUT2D eigenvalue weighted by Gasteiger charge is -2.17. The van der Waals surface area contributed by atoms with Gasteiger partial charge in [0.2, 0.25) is 15.0 Å². The molecule has 3 heterocycles. The molecule has 2 aromatic heterocycles. The van der Waals surface area contributed by atoms with E-state index in [-0.39, 0.29) is 16.5 Å². The minimum Gasteiger partial charge on any atom is -0.361 e. The summed E-state index contributed by atoms with van der Waals surface area (Å²) in [4.78, 5) is 26.4. The molecule has 0 atom stereocenters. The minimum atomic E-state index is -4.52. The van der Waals surface area contributed by atoms with E-state index in [0.29, 0.717) is 24.5 Å². The Morgan fingerprint density at radius 1 is 1.12 bits per heavy atom. The lowest BCUT2D eigenvalue weighted by Crippen LogP contribution is -2.18. The van der Waals surface area contributed by atoms with Gasteiger partial charge in [0.15, 0.2) is 0 Å². The Balaban J connectivity index is 1.52. The van der Waals surface area contributed by atoms with Crippen molar-refractivity contribution in [1.82, 2.24) is 15.0 Å². The van der Waals surface area contributed by atoms with Crippen LogP contribution < -0.4 is 10.2 Å². The fourth-order valence-electron chi connectivity index (χ4n) is 3.20. The lowest BCUT2D eigenvalue weighted by molar-refractivity contribution is -0.137. The van der Waals surface area contributed by atoms with Crippen LogP contribution in [0.15, 0.2) is 53.9 Å². The number of alkyl halides is 3. The monoisotopic (exact) mass is 463 g/mol. The van der Waals surface area contributed by atoms with Gasteiger partial charge in [-0.1, -0.05) is 6.07 Å². The number of rotatable bonds is 4. The van der Waals surface area contributed by atoms with Gasteiger partial charge in [0, 0.05) is 42.1 Å². The van der Waals surface area contributed by atoms with E-state index in [2.05, 4.69) is 20.3 Å². The van der Waals surface area contributed by atoms with Crippen molar-refractivity contribution in [3.05, 3.63) is 71.3 Å². The number of amides is 1. The highest BCUT2D eigenvalue weighted by atomic mass is 32.2. The zero-order valence-corrected chi connectivity index (χ0v) is 17.4. The molecule has 0 aliphatic carbocycles. The van der Waals surface area contributed by atoms with Crippen LogP contribution in [-0.2, 0) is 29.1 Å². The van der Waals surface area contributed by atoms with E-state index in [4.69, 9.17) is 0 Å². The maximum absolute atomic E-state index is 12.9. The highest BCUT2D eigenvalue weighted by molar-refractivity contribution is 7.90. The first-order valence-corrected chi connectivity index (χ1v) is 11.1. The summed E-state index contributed by atoms with van der Waals surface area (Å²) in [5.41, 5.74) is 1.07. The second kappa shape index (κ2) is 7.86. The number of hydrogen-bond acceptors (Lipinski definition) is 7. The maximum atomic E-state index is 12.9. The molecule has 0 spiro atoms. The molecule has 166 valence electrons. The summed E-state index contributed by atoms with van der Waals surface area (Å²) >= 11 is 0. The molecule has 1 aliphatic heterocycles. The zero-order chi connectivity index (χ0) is 23.1. The largest absolute Gasteiger partial charge is 0.416 e. The van der Waals surface area contributed by atoms with E-state index in [1.165, 1.54) is 30.6 Å². The summed E-state index contributed by atoms with van der Waals surface area (Å²) in [6, 6.07) is 7.48. The number of hydrogen-bond donors (Lipinski definition) is 1. The molecule has 4 rings (SSSR count). The quantitative estimate of drug-likeness (QED) is 0.593. The Labute approximate surface area is 181 Å². The SMILES string of the molecule is CS(=O)(=O)c1ncc2c(n1)CN(c1ccnc(C(=O)Nc3cccc(C(F)(F)F)c3)c1)C2. The van der Waals surface area contributed by atoms with Crippen LogP contribution in [0.2, 0.25) is 0 Å². The second-order valence-electron chi connectivity index (χ2n) is 7.18. The van der Waals surface area contributed by atoms with Crippen molar-refractivity contribution in [3.8, 4) is 0 Å².